The van der Waals surface area contributed by atoms with Gasteiger partial charge in [0.2, 0.25) is 15.9 Å². The van der Waals surface area contributed by atoms with Gasteiger partial charge in [-0.1, -0.05) is 0 Å². The minimum atomic E-state index is -3.16. The van der Waals surface area contributed by atoms with Crippen molar-refractivity contribution < 1.29 is 23.1 Å². The molecule has 1 rings (SSSR count). The lowest BCUT2D eigenvalue weighted by Gasteiger charge is -2.30. The van der Waals surface area contributed by atoms with Gasteiger partial charge < -0.3 is 10.4 Å². The molecule has 122 valence electrons. The lowest BCUT2D eigenvalue weighted by molar-refractivity contribution is -0.134. The smallest absolute Gasteiger partial charge is 0.313 e. The number of hydrogen-bond acceptors (Lipinski definition) is 5. The highest BCUT2D eigenvalue weighted by Gasteiger charge is 2.29. The van der Waals surface area contributed by atoms with Crippen molar-refractivity contribution in [2.75, 3.05) is 36.9 Å². The highest BCUT2D eigenvalue weighted by molar-refractivity contribution is 7.99. The average Bonchev–Trinajstić information content (AvgIpc) is 2.46. The molecule has 0 radical (unpaired) electrons. The molecule has 0 aromatic carbocycles. The topological polar surface area (TPSA) is 104 Å². The van der Waals surface area contributed by atoms with Crippen LogP contribution in [0.3, 0.4) is 0 Å². The Morgan fingerprint density at radius 2 is 1.95 bits per heavy atom. The van der Waals surface area contributed by atoms with Crippen molar-refractivity contribution in [3.05, 3.63) is 0 Å². The van der Waals surface area contributed by atoms with Crippen molar-refractivity contribution in [3.63, 3.8) is 0 Å². The molecule has 1 heterocycles. The Kier molecular flexibility index (Phi) is 7.47. The van der Waals surface area contributed by atoms with E-state index in [1.54, 1.807) is 6.92 Å². The summed E-state index contributed by atoms with van der Waals surface area (Å²) in [6.07, 6.45) is 1.07. The number of carbonyl (C=O) groups is 2. The Bertz CT molecular complexity index is 458. The normalized spacial score (nSPS) is 17.6. The van der Waals surface area contributed by atoms with E-state index in [0.717, 1.165) is 0 Å². The predicted octanol–water partition coefficient (Wildman–Crippen LogP) is -0.0179. The molecular formula is C12H22N2O5S2. The van der Waals surface area contributed by atoms with Gasteiger partial charge in [0, 0.05) is 31.3 Å². The molecule has 1 saturated heterocycles. The van der Waals surface area contributed by atoms with E-state index in [-0.39, 0.29) is 23.3 Å². The van der Waals surface area contributed by atoms with Crippen molar-refractivity contribution in [2.24, 2.45) is 5.92 Å². The van der Waals surface area contributed by atoms with Crippen LogP contribution in [0.1, 0.15) is 19.8 Å². The van der Waals surface area contributed by atoms with Crippen LogP contribution in [0, 0.1) is 5.92 Å². The minimum Gasteiger partial charge on any atom is -0.481 e. The zero-order valence-corrected chi connectivity index (χ0v) is 13.7. The monoisotopic (exact) mass is 338 g/mol. The third-order valence-electron chi connectivity index (χ3n) is 3.35. The van der Waals surface area contributed by atoms with Crippen LogP contribution < -0.4 is 5.32 Å². The molecule has 21 heavy (non-hydrogen) atoms. The van der Waals surface area contributed by atoms with Crippen LogP contribution in [-0.4, -0.2) is 66.6 Å². The van der Waals surface area contributed by atoms with Gasteiger partial charge in [0.15, 0.2) is 0 Å². The van der Waals surface area contributed by atoms with Crippen molar-refractivity contribution in [2.45, 2.75) is 19.8 Å². The Labute approximate surface area is 129 Å². The van der Waals surface area contributed by atoms with Gasteiger partial charge in [-0.3, -0.25) is 9.59 Å². The molecule has 0 spiro atoms. The van der Waals surface area contributed by atoms with Gasteiger partial charge in [0.25, 0.3) is 0 Å². The van der Waals surface area contributed by atoms with E-state index in [0.29, 0.717) is 38.2 Å². The minimum absolute atomic E-state index is 0.0309. The maximum Gasteiger partial charge on any atom is 0.313 e. The first-order valence-corrected chi connectivity index (χ1v) is 9.68. The van der Waals surface area contributed by atoms with Crippen molar-refractivity contribution >= 4 is 33.7 Å². The number of amides is 1. The molecule has 0 atom stereocenters. The molecule has 7 nitrogen and oxygen atoms in total. The fourth-order valence-corrected chi connectivity index (χ4v) is 3.83. The Morgan fingerprint density at radius 1 is 1.33 bits per heavy atom. The van der Waals surface area contributed by atoms with Crippen LogP contribution in [0.25, 0.3) is 0 Å². The summed E-state index contributed by atoms with van der Waals surface area (Å²) in [6, 6.07) is 0. The number of carbonyl (C=O) groups excluding carboxylic acids is 1. The lowest BCUT2D eigenvalue weighted by Crippen LogP contribution is -2.43. The fraction of sp³-hybridized carbons (Fsp3) is 0.833. The number of carboxylic acids is 1. The molecule has 1 amide bonds. The van der Waals surface area contributed by atoms with Gasteiger partial charge in [0.1, 0.15) is 0 Å². The van der Waals surface area contributed by atoms with E-state index < -0.39 is 16.0 Å². The maximum absolute atomic E-state index is 11.9. The van der Waals surface area contributed by atoms with Crippen LogP contribution in [0.4, 0.5) is 0 Å². The van der Waals surface area contributed by atoms with Gasteiger partial charge in [0.05, 0.1) is 11.5 Å². The second kappa shape index (κ2) is 8.60. The molecule has 0 aromatic heterocycles. The van der Waals surface area contributed by atoms with Crippen LogP contribution >= 0.6 is 11.8 Å². The number of rotatable bonds is 8. The van der Waals surface area contributed by atoms with Crippen LogP contribution in [0.5, 0.6) is 0 Å². The molecule has 0 unspecified atom stereocenters. The van der Waals surface area contributed by atoms with E-state index in [2.05, 4.69) is 5.32 Å². The second-order valence-electron chi connectivity index (χ2n) is 4.81. The van der Waals surface area contributed by atoms with Crippen LogP contribution in [0.15, 0.2) is 0 Å². The lowest BCUT2D eigenvalue weighted by atomic mass is 9.97. The quantitative estimate of drug-likeness (QED) is 0.603. The molecule has 1 aliphatic rings. The Hall–Kier alpha value is -0.800. The second-order valence-corrected chi connectivity index (χ2v) is 8.17. The van der Waals surface area contributed by atoms with E-state index in [1.807, 2.05) is 0 Å². The summed E-state index contributed by atoms with van der Waals surface area (Å²) >= 11 is 1.25. The van der Waals surface area contributed by atoms with Gasteiger partial charge in [-0.15, -0.1) is 11.8 Å². The molecule has 1 fully saturated rings. The fourth-order valence-electron chi connectivity index (χ4n) is 2.13. The average molecular weight is 338 g/mol. The van der Waals surface area contributed by atoms with Crippen molar-refractivity contribution in [1.82, 2.24) is 9.62 Å². The summed E-state index contributed by atoms with van der Waals surface area (Å²) in [5.74, 6) is -0.414. The number of piperidine rings is 1. The zero-order chi connectivity index (χ0) is 15.9. The molecule has 0 saturated carbocycles. The van der Waals surface area contributed by atoms with Crippen LogP contribution in [-0.2, 0) is 19.6 Å². The standard InChI is InChI=1S/C12H22N2O5S2/c1-2-21(18,19)14-6-3-10(4-7-14)12(17)13-5-8-20-9-11(15)16/h10H,2-9H2,1H3,(H,13,17)(H,15,16). The van der Waals surface area contributed by atoms with Gasteiger partial charge >= 0.3 is 5.97 Å². The number of nitrogens with zero attached hydrogens (tertiary/aromatic N) is 1. The Balaban J connectivity index is 2.24. The molecular weight excluding hydrogens is 316 g/mol. The van der Waals surface area contributed by atoms with Crippen molar-refractivity contribution in [3.8, 4) is 0 Å². The number of nitrogens with one attached hydrogen (secondary N) is 1. The summed E-state index contributed by atoms with van der Waals surface area (Å²) < 4.78 is 24.9. The summed E-state index contributed by atoms with van der Waals surface area (Å²) in [5.41, 5.74) is 0. The maximum atomic E-state index is 11.9. The third kappa shape index (κ3) is 6.23. The number of aliphatic carboxylic acids is 1. The highest BCUT2D eigenvalue weighted by atomic mass is 32.2. The first-order valence-electron chi connectivity index (χ1n) is 6.92. The summed E-state index contributed by atoms with van der Waals surface area (Å²) in [6.45, 7) is 2.83. The summed E-state index contributed by atoms with van der Waals surface area (Å²) in [7, 11) is -3.16. The van der Waals surface area contributed by atoms with Crippen LogP contribution in [0.2, 0.25) is 0 Å². The molecule has 2 N–H and O–H groups in total. The van der Waals surface area contributed by atoms with E-state index >= 15 is 0 Å². The van der Waals surface area contributed by atoms with Gasteiger partial charge in [-0.05, 0) is 19.8 Å². The van der Waals surface area contributed by atoms with Crippen molar-refractivity contribution in [1.29, 1.82) is 0 Å². The van der Waals surface area contributed by atoms with E-state index in [4.69, 9.17) is 5.11 Å². The number of thioether (sulfide) groups is 1. The molecule has 0 aromatic rings. The summed E-state index contributed by atoms with van der Waals surface area (Å²) in [5, 5.41) is 11.2. The molecule has 0 aliphatic carbocycles. The number of sulfonamides is 1. The van der Waals surface area contributed by atoms with Gasteiger partial charge in [-0.25, -0.2) is 12.7 Å². The number of carboxylic acid groups (broad SMARTS) is 1. The molecule has 1 aliphatic heterocycles. The summed E-state index contributed by atoms with van der Waals surface area (Å²) in [4.78, 5) is 22.2. The Morgan fingerprint density at radius 3 is 2.48 bits per heavy atom. The predicted molar refractivity (Wildman–Crippen MR) is 81.7 cm³/mol. The molecule has 0 bridgehead atoms. The first-order chi connectivity index (χ1) is 9.86. The van der Waals surface area contributed by atoms with Gasteiger partial charge in [-0.2, -0.15) is 0 Å². The highest BCUT2D eigenvalue weighted by Crippen LogP contribution is 2.19. The zero-order valence-electron chi connectivity index (χ0n) is 12.1. The largest absolute Gasteiger partial charge is 0.481 e. The van der Waals surface area contributed by atoms with E-state index in [1.165, 1.54) is 16.1 Å². The SMILES string of the molecule is CCS(=O)(=O)N1CCC(C(=O)NCCSCC(=O)O)CC1. The van der Waals surface area contributed by atoms with E-state index in [9.17, 15) is 18.0 Å². The molecule has 9 heteroatoms. The number of hydrogen-bond donors (Lipinski definition) is 2. The third-order valence-corrected chi connectivity index (χ3v) is 6.18. The first kappa shape index (κ1) is 18.2.